The van der Waals surface area contributed by atoms with E-state index in [9.17, 15) is 0 Å². The third kappa shape index (κ3) is 4.78. The Morgan fingerprint density at radius 1 is 0.850 bits per heavy atom. The minimum Gasteiger partial charge on any atom is -0.366 e. The van der Waals surface area contributed by atoms with Crippen LogP contribution >= 0.6 is 0 Å². The smallest absolute Gasteiger partial charge is 0.181 e. The summed E-state index contributed by atoms with van der Waals surface area (Å²) in [6.07, 6.45) is 9.36. The van der Waals surface area contributed by atoms with E-state index in [2.05, 4.69) is 88.7 Å². The van der Waals surface area contributed by atoms with Crippen molar-refractivity contribution in [1.82, 2.24) is 45.3 Å². The first kappa shape index (κ1) is 24.4. The van der Waals surface area contributed by atoms with Crippen LogP contribution in [0.4, 0.5) is 5.69 Å². The molecule has 0 saturated carbocycles. The molecule has 0 radical (unpaired) electrons. The van der Waals surface area contributed by atoms with Crippen molar-refractivity contribution in [2.75, 3.05) is 38.1 Å². The number of pyridine rings is 3. The van der Waals surface area contributed by atoms with Gasteiger partial charge < -0.3 is 20.1 Å². The van der Waals surface area contributed by atoms with Gasteiger partial charge in [0.2, 0.25) is 0 Å². The van der Waals surface area contributed by atoms with Gasteiger partial charge in [-0.15, -0.1) is 0 Å². The second-order valence-electron chi connectivity index (χ2n) is 10.3. The third-order valence-electron chi connectivity index (χ3n) is 7.49. The van der Waals surface area contributed by atoms with Crippen LogP contribution in [0.2, 0.25) is 0 Å². The van der Waals surface area contributed by atoms with Gasteiger partial charge in [-0.05, 0) is 30.3 Å². The summed E-state index contributed by atoms with van der Waals surface area (Å²) in [6, 6.07) is 14.6. The van der Waals surface area contributed by atoms with Gasteiger partial charge in [-0.25, -0.2) is 9.97 Å². The van der Waals surface area contributed by atoms with E-state index >= 15 is 0 Å². The quantitative estimate of drug-likeness (QED) is 0.284. The lowest BCUT2D eigenvalue weighted by Crippen LogP contribution is -2.44. The van der Waals surface area contributed by atoms with E-state index in [0.717, 1.165) is 89.6 Å². The maximum atomic E-state index is 5.00. The monoisotopic (exact) mass is 530 g/mol. The third-order valence-corrected chi connectivity index (χ3v) is 7.49. The lowest BCUT2D eigenvalue weighted by atomic mass is 10.1. The van der Waals surface area contributed by atoms with E-state index < -0.39 is 0 Å². The second-order valence-corrected chi connectivity index (χ2v) is 10.3. The van der Waals surface area contributed by atoms with Gasteiger partial charge in [0.15, 0.2) is 11.5 Å². The fraction of sp³-hybridized carbons (Fsp3) is 0.233. The molecule has 1 aromatic carbocycles. The average Bonchev–Trinajstić information content (AvgIpc) is 3.62. The standard InChI is InChI=1S/C30H30N10/c1-39-7-9-40(10-8-39)26-19-33-18-25-28(26)36-30(35-25)27-24-12-23(17-34-29(24)38-37-27)22-11-21(15-32-16-22)14-31-13-20-5-3-2-4-6-20/h2-6,11-12,15-19,31H,7-10,13-14H2,1H3,(H,35,36)(H,34,37,38). The summed E-state index contributed by atoms with van der Waals surface area (Å²) in [4.78, 5) is 26.8. The largest absolute Gasteiger partial charge is 0.366 e. The van der Waals surface area contributed by atoms with Gasteiger partial charge in [-0.2, -0.15) is 5.10 Å². The summed E-state index contributed by atoms with van der Waals surface area (Å²) in [5.41, 5.74) is 8.67. The van der Waals surface area contributed by atoms with Crippen molar-refractivity contribution in [1.29, 1.82) is 0 Å². The number of nitrogens with zero attached hydrogens (tertiary/aromatic N) is 7. The molecule has 10 nitrogen and oxygen atoms in total. The van der Waals surface area contributed by atoms with Crippen LogP contribution < -0.4 is 10.2 Å². The minimum absolute atomic E-state index is 0.644. The molecular formula is C30H30N10. The second kappa shape index (κ2) is 10.5. The molecule has 5 aromatic heterocycles. The summed E-state index contributed by atoms with van der Waals surface area (Å²) >= 11 is 0. The van der Waals surface area contributed by atoms with Gasteiger partial charge in [0, 0.05) is 69.0 Å². The number of aromatic amines is 2. The zero-order valence-electron chi connectivity index (χ0n) is 22.3. The van der Waals surface area contributed by atoms with Gasteiger partial charge in [0.25, 0.3) is 0 Å². The van der Waals surface area contributed by atoms with Gasteiger partial charge in [0.05, 0.1) is 29.0 Å². The Hall–Kier alpha value is -4.67. The Kier molecular flexibility index (Phi) is 6.39. The van der Waals surface area contributed by atoms with Crippen molar-refractivity contribution in [2.45, 2.75) is 13.1 Å². The van der Waals surface area contributed by atoms with E-state index in [-0.39, 0.29) is 0 Å². The molecule has 10 heteroatoms. The van der Waals surface area contributed by atoms with Crippen LogP contribution in [0.15, 0.2) is 73.4 Å². The van der Waals surface area contributed by atoms with Gasteiger partial charge in [-0.1, -0.05) is 30.3 Å². The fourth-order valence-corrected chi connectivity index (χ4v) is 5.24. The van der Waals surface area contributed by atoms with Gasteiger partial charge in [0.1, 0.15) is 11.2 Å². The number of nitrogens with one attached hydrogen (secondary N) is 3. The van der Waals surface area contributed by atoms with Crippen molar-refractivity contribution in [3.8, 4) is 22.6 Å². The Bertz CT molecular complexity index is 1770. The topological polar surface area (TPSA) is 115 Å². The van der Waals surface area contributed by atoms with Crippen molar-refractivity contribution in [2.24, 2.45) is 0 Å². The highest BCUT2D eigenvalue weighted by Gasteiger charge is 2.20. The lowest BCUT2D eigenvalue weighted by molar-refractivity contribution is 0.313. The van der Waals surface area contributed by atoms with E-state index in [1.807, 2.05) is 37.1 Å². The number of H-pyrrole nitrogens is 2. The number of aromatic nitrogens is 7. The summed E-state index contributed by atoms with van der Waals surface area (Å²) in [5, 5.41) is 12.0. The van der Waals surface area contributed by atoms with E-state index in [1.165, 1.54) is 5.56 Å². The molecule has 0 aliphatic carbocycles. The first-order chi connectivity index (χ1) is 19.7. The molecule has 40 heavy (non-hydrogen) atoms. The predicted octanol–water partition coefficient (Wildman–Crippen LogP) is 4.00. The van der Waals surface area contributed by atoms with Crippen LogP contribution in [-0.2, 0) is 13.1 Å². The van der Waals surface area contributed by atoms with Crippen LogP contribution in [0.3, 0.4) is 0 Å². The van der Waals surface area contributed by atoms with E-state index in [4.69, 9.17) is 4.98 Å². The molecular weight excluding hydrogens is 500 g/mol. The predicted molar refractivity (Wildman–Crippen MR) is 157 cm³/mol. The molecule has 3 N–H and O–H groups in total. The van der Waals surface area contributed by atoms with E-state index in [0.29, 0.717) is 5.65 Å². The first-order valence-corrected chi connectivity index (χ1v) is 13.5. The summed E-state index contributed by atoms with van der Waals surface area (Å²) in [5.74, 6) is 0.719. The van der Waals surface area contributed by atoms with Gasteiger partial charge >= 0.3 is 0 Å². The molecule has 0 amide bonds. The SMILES string of the molecule is CN1CCN(c2cncc3[nH]c(-c4[nH]nc5ncc(-c6cncc(CNCc7ccccc7)c6)cc45)nc23)CC1. The first-order valence-electron chi connectivity index (χ1n) is 13.5. The van der Waals surface area contributed by atoms with Crippen LogP contribution in [0.5, 0.6) is 0 Å². The molecule has 6 aromatic rings. The van der Waals surface area contributed by atoms with Gasteiger partial charge in [-0.3, -0.25) is 15.1 Å². The molecule has 6 heterocycles. The van der Waals surface area contributed by atoms with Crippen LogP contribution in [0.25, 0.3) is 44.7 Å². The Labute approximate surface area is 231 Å². The zero-order valence-corrected chi connectivity index (χ0v) is 22.3. The van der Waals surface area contributed by atoms with Crippen molar-refractivity contribution < 1.29 is 0 Å². The maximum Gasteiger partial charge on any atom is 0.181 e. The van der Waals surface area contributed by atoms with Crippen LogP contribution in [0.1, 0.15) is 11.1 Å². The molecule has 200 valence electrons. The van der Waals surface area contributed by atoms with E-state index in [1.54, 1.807) is 0 Å². The lowest BCUT2D eigenvalue weighted by Gasteiger charge is -2.33. The van der Waals surface area contributed by atoms with Crippen molar-refractivity contribution in [3.63, 3.8) is 0 Å². The normalized spacial score (nSPS) is 14.4. The molecule has 0 atom stereocenters. The molecule has 1 fully saturated rings. The van der Waals surface area contributed by atoms with Crippen molar-refractivity contribution in [3.05, 3.63) is 84.6 Å². The Morgan fingerprint density at radius 2 is 1.65 bits per heavy atom. The van der Waals surface area contributed by atoms with Crippen LogP contribution in [0, 0.1) is 0 Å². The molecule has 1 aliphatic heterocycles. The zero-order chi connectivity index (χ0) is 26.9. The molecule has 1 aliphatic rings. The fourth-order valence-electron chi connectivity index (χ4n) is 5.24. The highest BCUT2D eigenvalue weighted by Crippen LogP contribution is 2.31. The van der Waals surface area contributed by atoms with Crippen LogP contribution in [-0.4, -0.2) is 73.2 Å². The number of imidazole rings is 1. The molecule has 0 unspecified atom stereocenters. The molecule has 1 saturated heterocycles. The Balaban J connectivity index is 1.17. The number of benzene rings is 1. The number of hydrogen-bond acceptors (Lipinski definition) is 8. The summed E-state index contributed by atoms with van der Waals surface area (Å²) in [6.45, 7) is 5.48. The molecule has 7 rings (SSSR count). The number of hydrogen-bond donors (Lipinski definition) is 3. The molecule has 0 bridgehead atoms. The number of fused-ring (bicyclic) bond motifs is 2. The van der Waals surface area contributed by atoms with Crippen molar-refractivity contribution >= 4 is 27.8 Å². The highest BCUT2D eigenvalue weighted by molar-refractivity contribution is 5.95. The number of anilines is 1. The molecule has 0 spiro atoms. The number of piperazine rings is 1. The summed E-state index contributed by atoms with van der Waals surface area (Å²) in [7, 11) is 2.16. The maximum absolute atomic E-state index is 5.00. The highest BCUT2D eigenvalue weighted by atomic mass is 15.3. The minimum atomic E-state index is 0.644. The number of rotatable bonds is 7. The summed E-state index contributed by atoms with van der Waals surface area (Å²) < 4.78 is 0. The Morgan fingerprint density at radius 3 is 2.52 bits per heavy atom. The average molecular weight is 531 g/mol. The number of likely N-dealkylation sites (N-methyl/N-ethyl adjacent to an activating group) is 1.